The lowest BCUT2D eigenvalue weighted by Gasteiger charge is -2.20. The fraction of sp³-hybridized carbons (Fsp3) is 0.520. The van der Waals surface area contributed by atoms with Crippen LogP contribution >= 0.6 is 11.6 Å². The highest BCUT2D eigenvalue weighted by atomic mass is 35.5. The average molecular weight is 457 g/mol. The monoisotopic (exact) mass is 456 g/mol. The molecule has 1 aliphatic carbocycles. The van der Waals surface area contributed by atoms with Gasteiger partial charge in [-0.1, -0.05) is 25.4 Å². The maximum Gasteiger partial charge on any atom is 0.165 e. The fourth-order valence-electron chi connectivity index (χ4n) is 4.52. The molecule has 1 N–H and O–H groups in total. The molecule has 1 aromatic carbocycles. The molecule has 6 nitrogen and oxygen atoms in total. The molecule has 4 rings (SSSR count). The number of halogens is 1. The number of hydrogen-bond acceptors (Lipinski definition) is 5. The Labute approximate surface area is 195 Å². The summed E-state index contributed by atoms with van der Waals surface area (Å²) >= 11 is 6.75. The molecule has 3 aromatic rings. The third-order valence-corrected chi connectivity index (χ3v) is 6.49. The second-order valence-corrected chi connectivity index (χ2v) is 9.15. The van der Waals surface area contributed by atoms with Gasteiger partial charge in [0.05, 0.1) is 29.5 Å². The molecule has 0 aliphatic heterocycles. The number of nitrogens with one attached hydrogen (secondary N) is 1. The number of benzene rings is 1. The van der Waals surface area contributed by atoms with Gasteiger partial charge in [-0.2, -0.15) is 9.61 Å². The second kappa shape index (κ2) is 9.18. The summed E-state index contributed by atoms with van der Waals surface area (Å²) in [5.41, 5.74) is 5.97. The smallest absolute Gasteiger partial charge is 0.165 e. The molecule has 0 atom stereocenters. The van der Waals surface area contributed by atoms with E-state index in [1.54, 1.807) is 7.11 Å². The fourth-order valence-corrected chi connectivity index (χ4v) is 4.77. The van der Waals surface area contributed by atoms with E-state index in [1.165, 1.54) is 5.56 Å². The SMILES string of the molecule is CCC(CC)Nc1c2c(nc3c(-c4cc(OC(C)C)c(OC)cc4Cl)c(C)nn13)CCC2. The summed E-state index contributed by atoms with van der Waals surface area (Å²) in [7, 11) is 1.62. The van der Waals surface area contributed by atoms with Crippen LogP contribution in [0.2, 0.25) is 5.02 Å². The van der Waals surface area contributed by atoms with Gasteiger partial charge in [0, 0.05) is 28.9 Å². The van der Waals surface area contributed by atoms with Gasteiger partial charge >= 0.3 is 0 Å². The number of methoxy groups -OCH3 is 1. The first-order chi connectivity index (χ1) is 15.4. The van der Waals surface area contributed by atoms with Gasteiger partial charge in [-0.25, -0.2) is 4.98 Å². The van der Waals surface area contributed by atoms with E-state index in [0.717, 1.165) is 66.1 Å². The van der Waals surface area contributed by atoms with Crippen LogP contribution in [0.15, 0.2) is 12.1 Å². The van der Waals surface area contributed by atoms with E-state index >= 15 is 0 Å². The van der Waals surface area contributed by atoms with Gasteiger partial charge in [-0.05, 0) is 58.9 Å². The highest BCUT2D eigenvalue weighted by Crippen LogP contribution is 2.42. The Hall–Kier alpha value is -2.47. The topological polar surface area (TPSA) is 60.7 Å². The number of aryl methyl sites for hydroxylation is 2. The van der Waals surface area contributed by atoms with Crippen LogP contribution in [-0.2, 0) is 12.8 Å². The highest BCUT2D eigenvalue weighted by molar-refractivity contribution is 6.33. The zero-order valence-electron chi connectivity index (χ0n) is 19.9. The number of nitrogens with zero attached hydrogens (tertiary/aromatic N) is 3. The number of fused-ring (bicyclic) bond motifs is 2. The Morgan fingerprint density at radius 2 is 1.91 bits per heavy atom. The molecule has 32 heavy (non-hydrogen) atoms. The zero-order chi connectivity index (χ0) is 23.0. The molecule has 0 unspecified atom stereocenters. The van der Waals surface area contributed by atoms with E-state index in [0.29, 0.717) is 22.6 Å². The molecule has 7 heteroatoms. The minimum atomic E-state index is 0.0140. The van der Waals surface area contributed by atoms with Crippen molar-refractivity contribution in [3.8, 4) is 22.6 Å². The maximum atomic E-state index is 6.75. The Morgan fingerprint density at radius 1 is 1.16 bits per heavy atom. The molecule has 0 saturated carbocycles. The third kappa shape index (κ3) is 4.01. The molecule has 1 aliphatic rings. The van der Waals surface area contributed by atoms with Gasteiger partial charge in [-0.3, -0.25) is 0 Å². The van der Waals surface area contributed by atoms with E-state index in [1.807, 2.05) is 37.4 Å². The predicted molar refractivity (Wildman–Crippen MR) is 131 cm³/mol. The first kappa shape index (κ1) is 22.7. The van der Waals surface area contributed by atoms with Gasteiger partial charge < -0.3 is 14.8 Å². The van der Waals surface area contributed by atoms with Crippen molar-refractivity contribution in [2.75, 3.05) is 12.4 Å². The van der Waals surface area contributed by atoms with Crippen LogP contribution in [0.5, 0.6) is 11.5 Å². The molecule has 0 spiro atoms. The quantitative estimate of drug-likeness (QED) is 0.434. The van der Waals surface area contributed by atoms with Crippen molar-refractivity contribution in [2.45, 2.75) is 78.9 Å². The maximum absolute atomic E-state index is 6.75. The van der Waals surface area contributed by atoms with E-state index < -0.39 is 0 Å². The summed E-state index contributed by atoms with van der Waals surface area (Å²) in [6.07, 6.45) is 5.28. The summed E-state index contributed by atoms with van der Waals surface area (Å²) in [6.45, 7) is 10.4. The molecular weight excluding hydrogens is 424 g/mol. The van der Waals surface area contributed by atoms with E-state index in [2.05, 4.69) is 19.2 Å². The highest BCUT2D eigenvalue weighted by Gasteiger charge is 2.26. The number of aromatic nitrogens is 3. The van der Waals surface area contributed by atoms with Gasteiger partial charge in [-0.15, -0.1) is 0 Å². The van der Waals surface area contributed by atoms with Crippen LogP contribution < -0.4 is 14.8 Å². The van der Waals surface area contributed by atoms with Crippen molar-refractivity contribution in [1.29, 1.82) is 0 Å². The summed E-state index contributed by atoms with van der Waals surface area (Å²) in [6, 6.07) is 4.16. The normalized spacial score (nSPS) is 13.3. The summed E-state index contributed by atoms with van der Waals surface area (Å²) in [5.74, 6) is 2.36. The summed E-state index contributed by atoms with van der Waals surface area (Å²) in [5, 5.41) is 9.28. The number of hydrogen-bond donors (Lipinski definition) is 1. The van der Waals surface area contributed by atoms with E-state index in [4.69, 9.17) is 31.2 Å². The van der Waals surface area contributed by atoms with Gasteiger partial charge in [0.25, 0.3) is 0 Å². The number of rotatable bonds is 8. The van der Waals surface area contributed by atoms with Crippen molar-refractivity contribution in [3.63, 3.8) is 0 Å². The molecule has 172 valence electrons. The summed E-state index contributed by atoms with van der Waals surface area (Å²) in [4.78, 5) is 5.08. The average Bonchev–Trinajstić information content (AvgIpc) is 3.35. The Balaban J connectivity index is 1.94. The minimum Gasteiger partial charge on any atom is -0.493 e. The lowest BCUT2D eigenvalue weighted by Crippen LogP contribution is -2.21. The van der Waals surface area contributed by atoms with E-state index in [-0.39, 0.29) is 6.10 Å². The zero-order valence-corrected chi connectivity index (χ0v) is 20.6. The first-order valence-electron chi connectivity index (χ1n) is 11.6. The van der Waals surface area contributed by atoms with E-state index in [9.17, 15) is 0 Å². The van der Waals surface area contributed by atoms with Crippen molar-refractivity contribution in [2.24, 2.45) is 0 Å². The lowest BCUT2D eigenvalue weighted by molar-refractivity contribution is 0.230. The Morgan fingerprint density at radius 3 is 2.56 bits per heavy atom. The predicted octanol–water partition coefficient (Wildman–Crippen LogP) is 6.24. The summed E-state index contributed by atoms with van der Waals surface area (Å²) < 4.78 is 13.5. The largest absolute Gasteiger partial charge is 0.493 e. The van der Waals surface area contributed by atoms with Crippen molar-refractivity contribution < 1.29 is 9.47 Å². The molecule has 0 bridgehead atoms. The first-order valence-corrected chi connectivity index (χ1v) is 12.0. The van der Waals surface area contributed by atoms with Gasteiger partial charge in [0.2, 0.25) is 0 Å². The van der Waals surface area contributed by atoms with Crippen LogP contribution in [0.3, 0.4) is 0 Å². The van der Waals surface area contributed by atoms with Crippen LogP contribution in [0, 0.1) is 6.92 Å². The van der Waals surface area contributed by atoms with Crippen molar-refractivity contribution >= 4 is 23.1 Å². The molecule has 0 amide bonds. The lowest BCUT2D eigenvalue weighted by atomic mass is 10.0. The Kier molecular flexibility index (Phi) is 6.52. The molecule has 0 saturated heterocycles. The molecule has 2 heterocycles. The second-order valence-electron chi connectivity index (χ2n) is 8.74. The van der Waals surface area contributed by atoms with Crippen LogP contribution in [0.25, 0.3) is 16.8 Å². The molecule has 0 fully saturated rings. The van der Waals surface area contributed by atoms with Crippen molar-refractivity contribution in [3.05, 3.63) is 34.1 Å². The minimum absolute atomic E-state index is 0.0140. The van der Waals surface area contributed by atoms with Crippen LogP contribution in [0.4, 0.5) is 5.82 Å². The molecule has 2 aromatic heterocycles. The van der Waals surface area contributed by atoms with Gasteiger partial charge in [0.15, 0.2) is 17.1 Å². The third-order valence-electron chi connectivity index (χ3n) is 6.18. The van der Waals surface area contributed by atoms with Crippen LogP contribution in [-0.4, -0.2) is 33.9 Å². The van der Waals surface area contributed by atoms with Gasteiger partial charge in [0.1, 0.15) is 5.82 Å². The molecular formula is C25H33ClN4O2. The van der Waals surface area contributed by atoms with Crippen molar-refractivity contribution in [1.82, 2.24) is 14.6 Å². The standard InChI is InChI=1S/C25H33ClN4O2/c1-7-16(8-2)27-24-17-10-9-11-20(17)28-25-23(15(5)29-30(24)25)18-12-22(32-14(3)4)21(31-6)13-19(18)26/h12-14,16,27H,7-11H2,1-6H3. The number of ether oxygens (including phenoxy) is 2. The molecule has 0 radical (unpaired) electrons. The Bertz CT molecular complexity index is 1140. The number of anilines is 1. The van der Waals surface area contributed by atoms with Crippen LogP contribution in [0.1, 0.15) is 63.9 Å².